The number of aromatic nitrogens is 3. The van der Waals surface area contributed by atoms with E-state index in [0.29, 0.717) is 5.92 Å². The summed E-state index contributed by atoms with van der Waals surface area (Å²) in [6.07, 6.45) is 5.38. The van der Waals surface area contributed by atoms with Crippen LogP contribution in [0, 0.1) is 0 Å². The number of thiophene rings is 1. The molecule has 0 bridgehead atoms. The summed E-state index contributed by atoms with van der Waals surface area (Å²) >= 11 is 1.85. The molecule has 0 aromatic carbocycles. The van der Waals surface area contributed by atoms with E-state index in [0.717, 1.165) is 12.1 Å². The van der Waals surface area contributed by atoms with Crippen LogP contribution in [0.15, 0.2) is 17.6 Å². The van der Waals surface area contributed by atoms with Crippen molar-refractivity contribution in [1.82, 2.24) is 20.4 Å². The molecule has 2 heterocycles. The van der Waals surface area contributed by atoms with Crippen LogP contribution in [-0.4, -0.2) is 15.0 Å². The lowest BCUT2D eigenvalue weighted by molar-refractivity contribution is 0.391. The third-order valence-corrected chi connectivity index (χ3v) is 4.74. The summed E-state index contributed by atoms with van der Waals surface area (Å²) in [5, 5.41) is 10.1. The zero-order chi connectivity index (χ0) is 12.5. The average molecular weight is 263 g/mol. The lowest BCUT2D eigenvalue weighted by Crippen LogP contribution is -2.35. The molecule has 2 aromatic rings. The van der Waals surface area contributed by atoms with E-state index in [1.807, 2.05) is 18.4 Å². The maximum absolute atomic E-state index is 5.77. The second-order valence-electron chi connectivity index (χ2n) is 4.72. The highest BCUT2D eigenvalue weighted by atomic mass is 32.1. The Labute approximate surface area is 110 Å². The zero-order valence-electron chi connectivity index (χ0n) is 10.3. The van der Waals surface area contributed by atoms with Gasteiger partial charge in [0.05, 0.1) is 17.9 Å². The third kappa shape index (κ3) is 1.86. The van der Waals surface area contributed by atoms with E-state index in [1.165, 1.54) is 23.3 Å². The van der Waals surface area contributed by atoms with Crippen LogP contribution >= 0.6 is 11.3 Å². The van der Waals surface area contributed by atoms with E-state index in [-0.39, 0.29) is 6.04 Å². The Kier molecular flexibility index (Phi) is 3.15. The molecule has 0 spiro atoms. The third-order valence-electron chi connectivity index (χ3n) is 3.75. The minimum Gasteiger partial charge on any atom is -0.271 e. The zero-order valence-corrected chi connectivity index (χ0v) is 11.2. The van der Waals surface area contributed by atoms with E-state index < -0.39 is 0 Å². The summed E-state index contributed by atoms with van der Waals surface area (Å²) < 4.78 is 1.80. The molecule has 1 aliphatic carbocycles. The van der Waals surface area contributed by atoms with Crippen LogP contribution in [0.1, 0.15) is 40.9 Å². The van der Waals surface area contributed by atoms with Crippen LogP contribution in [0.5, 0.6) is 0 Å². The van der Waals surface area contributed by atoms with Crippen molar-refractivity contribution in [3.8, 4) is 0 Å². The summed E-state index contributed by atoms with van der Waals surface area (Å²) in [7, 11) is 1.91. The van der Waals surface area contributed by atoms with E-state index in [9.17, 15) is 0 Å². The molecule has 0 radical (unpaired) electrons. The van der Waals surface area contributed by atoms with Gasteiger partial charge in [0, 0.05) is 17.8 Å². The largest absolute Gasteiger partial charge is 0.271 e. The Balaban J connectivity index is 1.97. The van der Waals surface area contributed by atoms with E-state index >= 15 is 0 Å². The number of fused-ring (bicyclic) bond motifs is 1. The maximum Gasteiger partial charge on any atom is 0.0772 e. The predicted octanol–water partition coefficient (Wildman–Crippen LogP) is 1.50. The van der Waals surface area contributed by atoms with Gasteiger partial charge >= 0.3 is 0 Å². The molecule has 0 saturated heterocycles. The highest BCUT2D eigenvalue weighted by molar-refractivity contribution is 7.10. The van der Waals surface area contributed by atoms with Gasteiger partial charge in [-0.05, 0) is 36.3 Å². The van der Waals surface area contributed by atoms with Crippen molar-refractivity contribution in [1.29, 1.82) is 0 Å². The van der Waals surface area contributed by atoms with Crippen LogP contribution < -0.4 is 11.3 Å². The Bertz CT molecular complexity index is 532. The summed E-state index contributed by atoms with van der Waals surface area (Å²) in [5.74, 6) is 6.19. The van der Waals surface area contributed by atoms with Gasteiger partial charge in [0.2, 0.25) is 0 Å². The number of nitrogens with two attached hydrogens (primary N) is 1. The first-order chi connectivity index (χ1) is 8.81. The number of aryl methyl sites for hydroxylation is 2. The first kappa shape index (κ1) is 11.8. The molecule has 96 valence electrons. The van der Waals surface area contributed by atoms with Crippen molar-refractivity contribution in [3.05, 3.63) is 33.8 Å². The van der Waals surface area contributed by atoms with Gasteiger partial charge < -0.3 is 0 Å². The van der Waals surface area contributed by atoms with E-state index in [1.54, 1.807) is 10.9 Å². The highest BCUT2D eigenvalue weighted by Gasteiger charge is 2.30. The summed E-state index contributed by atoms with van der Waals surface area (Å²) in [6.45, 7) is 0. The van der Waals surface area contributed by atoms with Crippen molar-refractivity contribution in [3.63, 3.8) is 0 Å². The van der Waals surface area contributed by atoms with Crippen LogP contribution in [-0.2, 0) is 13.5 Å². The topological polar surface area (TPSA) is 68.8 Å². The summed E-state index contributed by atoms with van der Waals surface area (Å²) in [6, 6.07) is 2.32. The molecule has 2 aromatic heterocycles. The Hall–Kier alpha value is -1.24. The van der Waals surface area contributed by atoms with E-state index in [2.05, 4.69) is 27.2 Å². The highest BCUT2D eigenvalue weighted by Crippen LogP contribution is 2.41. The van der Waals surface area contributed by atoms with Gasteiger partial charge in [-0.15, -0.1) is 16.4 Å². The molecule has 2 atom stereocenters. The number of rotatable bonds is 3. The lowest BCUT2D eigenvalue weighted by Gasteiger charge is -2.29. The Morgan fingerprint density at radius 3 is 3.22 bits per heavy atom. The van der Waals surface area contributed by atoms with Crippen LogP contribution in [0.4, 0.5) is 0 Å². The van der Waals surface area contributed by atoms with E-state index in [4.69, 9.17) is 5.84 Å². The van der Waals surface area contributed by atoms with Crippen molar-refractivity contribution in [2.75, 3.05) is 0 Å². The fraction of sp³-hybridized carbons (Fsp3) is 0.500. The minimum absolute atomic E-state index is 0.0821. The van der Waals surface area contributed by atoms with Crippen molar-refractivity contribution in [2.24, 2.45) is 12.9 Å². The molecule has 5 nitrogen and oxygen atoms in total. The van der Waals surface area contributed by atoms with Crippen molar-refractivity contribution in [2.45, 2.75) is 31.2 Å². The van der Waals surface area contributed by atoms with Gasteiger partial charge in [0.15, 0.2) is 0 Å². The minimum atomic E-state index is 0.0821. The predicted molar refractivity (Wildman–Crippen MR) is 71.1 cm³/mol. The maximum atomic E-state index is 5.77. The SMILES string of the molecule is Cn1nncc1C(NN)C1CCCc2sccc21. The first-order valence-corrected chi connectivity index (χ1v) is 7.06. The molecule has 0 fully saturated rings. The molecule has 3 N–H and O–H groups in total. The van der Waals surface area contributed by atoms with Crippen LogP contribution in [0.3, 0.4) is 0 Å². The molecule has 6 heteroatoms. The Morgan fingerprint density at radius 2 is 2.50 bits per heavy atom. The standard InChI is InChI=1S/C12H17N5S/c1-17-10(7-14-16-17)12(15-13)9-3-2-4-11-8(9)5-6-18-11/h5-7,9,12,15H,2-4,13H2,1H3. The van der Waals surface area contributed by atoms with Crippen molar-refractivity contribution >= 4 is 11.3 Å². The second kappa shape index (κ2) is 4.79. The summed E-state index contributed by atoms with van der Waals surface area (Å²) in [4.78, 5) is 1.50. The smallest absolute Gasteiger partial charge is 0.0772 e. The molecule has 18 heavy (non-hydrogen) atoms. The first-order valence-electron chi connectivity index (χ1n) is 6.18. The van der Waals surface area contributed by atoms with Crippen molar-refractivity contribution < 1.29 is 0 Å². The number of nitrogens with zero attached hydrogens (tertiary/aromatic N) is 3. The number of hydrogen-bond acceptors (Lipinski definition) is 5. The van der Waals surface area contributed by atoms with Crippen LogP contribution in [0.2, 0.25) is 0 Å². The molecule has 3 rings (SSSR count). The normalized spacial score (nSPS) is 20.7. The molecule has 0 aliphatic heterocycles. The van der Waals surface area contributed by atoms with Gasteiger partial charge in [0.25, 0.3) is 0 Å². The molecule has 1 aliphatic rings. The van der Waals surface area contributed by atoms with Gasteiger partial charge in [-0.25, -0.2) is 0 Å². The van der Waals surface area contributed by atoms with Gasteiger partial charge in [-0.2, -0.15) is 0 Å². The quantitative estimate of drug-likeness (QED) is 0.650. The molecule has 0 saturated carbocycles. The lowest BCUT2D eigenvalue weighted by atomic mass is 9.81. The van der Waals surface area contributed by atoms with Gasteiger partial charge in [-0.3, -0.25) is 16.0 Å². The summed E-state index contributed by atoms with van der Waals surface area (Å²) in [5.41, 5.74) is 5.43. The number of hydrogen-bond donors (Lipinski definition) is 2. The molecular weight excluding hydrogens is 246 g/mol. The van der Waals surface area contributed by atoms with Gasteiger partial charge in [-0.1, -0.05) is 5.21 Å². The second-order valence-corrected chi connectivity index (χ2v) is 5.73. The fourth-order valence-electron chi connectivity index (χ4n) is 2.86. The fourth-order valence-corrected chi connectivity index (χ4v) is 3.85. The van der Waals surface area contributed by atoms with Crippen LogP contribution in [0.25, 0.3) is 0 Å². The Morgan fingerprint density at radius 1 is 1.61 bits per heavy atom. The molecule has 2 unspecified atom stereocenters. The number of nitrogens with one attached hydrogen (secondary N) is 1. The van der Waals surface area contributed by atoms with Gasteiger partial charge in [0.1, 0.15) is 0 Å². The molecular formula is C12H17N5S. The average Bonchev–Trinajstić information content (AvgIpc) is 3.00. The monoisotopic (exact) mass is 263 g/mol. The molecule has 0 amide bonds. The number of hydrazine groups is 1.